The number of aromatic nitrogens is 3. The normalized spacial score (nSPS) is 10.8. The van der Waals surface area contributed by atoms with E-state index in [1.165, 1.54) is 6.33 Å². The summed E-state index contributed by atoms with van der Waals surface area (Å²) in [6.45, 7) is 2.15. The van der Waals surface area contributed by atoms with E-state index in [4.69, 9.17) is 21.1 Å². The van der Waals surface area contributed by atoms with Crippen LogP contribution in [0.1, 0.15) is 6.92 Å². The van der Waals surface area contributed by atoms with Crippen molar-refractivity contribution in [1.82, 2.24) is 14.5 Å². The first-order valence-electron chi connectivity index (χ1n) is 7.44. The number of fused-ring (bicyclic) bond motifs is 1. The molecule has 0 radical (unpaired) electrons. The van der Waals surface area contributed by atoms with Crippen molar-refractivity contribution in [3.63, 3.8) is 0 Å². The van der Waals surface area contributed by atoms with Crippen LogP contribution in [0.2, 0.25) is 5.02 Å². The zero-order chi connectivity index (χ0) is 17.1. The van der Waals surface area contributed by atoms with Crippen molar-refractivity contribution in [3.8, 4) is 17.0 Å². The molecule has 2 aromatic heterocycles. The fourth-order valence-corrected chi connectivity index (χ4v) is 2.84. The standard InChI is InChI=1S/C17H16ClN3O3/c1-3-24-14(22)9-21-8-12(11-6-4-5-7-13(11)18)15-16(21)19-10-20-17(15)23-2/h4-8,10H,3,9H2,1-2H3. The van der Waals surface area contributed by atoms with Crippen LogP contribution in [0.3, 0.4) is 0 Å². The number of hydrogen-bond donors (Lipinski definition) is 0. The highest BCUT2D eigenvalue weighted by molar-refractivity contribution is 6.33. The Balaban J connectivity index is 2.22. The summed E-state index contributed by atoms with van der Waals surface area (Å²) in [4.78, 5) is 20.3. The van der Waals surface area contributed by atoms with Crippen LogP contribution in [0.25, 0.3) is 22.2 Å². The number of esters is 1. The third kappa shape index (κ3) is 2.92. The molecule has 0 N–H and O–H groups in total. The van der Waals surface area contributed by atoms with Crippen molar-refractivity contribution in [2.75, 3.05) is 13.7 Å². The molecule has 3 aromatic rings. The molecule has 0 spiro atoms. The molecule has 0 aliphatic rings. The van der Waals surface area contributed by atoms with Gasteiger partial charge in [-0.2, -0.15) is 0 Å². The van der Waals surface area contributed by atoms with Crippen LogP contribution in [0.5, 0.6) is 5.88 Å². The summed E-state index contributed by atoms with van der Waals surface area (Å²) >= 11 is 6.34. The van der Waals surface area contributed by atoms with E-state index in [1.54, 1.807) is 18.6 Å². The zero-order valence-corrected chi connectivity index (χ0v) is 14.1. The maximum Gasteiger partial charge on any atom is 0.325 e. The number of hydrogen-bond acceptors (Lipinski definition) is 5. The van der Waals surface area contributed by atoms with Crippen molar-refractivity contribution in [3.05, 3.63) is 41.8 Å². The van der Waals surface area contributed by atoms with E-state index in [1.807, 2.05) is 30.5 Å². The minimum atomic E-state index is -0.335. The SMILES string of the molecule is CCOC(=O)Cn1cc(-c2ccccc2Cl)c2c(OC)ncnc21. The Morgan fingerprint density at radius 2 is 2.04 bits per heavy atom. The van der Waals surface area contributed by atoms with Gasteiger partial charge in [0.05, 0.1) is 19.1 Å². The number of carbonyl (C=O) groups excluding carboxylic acids is 1. The second kappa shape index (κ2) is 6.88. The molecule has 124 valence electrons. The number of carbonyl (C=O) groups is 1. The lowest BCUT2D eigenvalue weighted by Gasteiger charge is -2.05. The molecule has 0 unspecified atom stereocenters. The molecule has 0 atom stereocenters. The first-order chi connectivity index (χ1) is 11.7. The number of rotatable bonds is 5. The van der Waals surface area contributed by atoms with Gasteiger partial charge in [0.2, 0.25) is 5.88 Å². The Bertz CT molecular complexity index is 892. The van der Waals surface area contributed by atoms with Gasteiger partial charge >= 0.3 is 5.97 Å². The maximum atomic E-state index is 11.9. The molecule has 0 saturated heterocycles. The van der Waals surface area contributed by atoms with E-state index < -0.39 is 0 Å². The monoisotopic (exact) mass is 345 g/mol. The summed E-state index contributed by atoms with van der Waals surface area (Å²) in [5, 5.41) is 1.30. The third-order valence-corrected chi connectivity index (χ3v) is 3.91. The molecule has 3 rings (SSSR count). The minimum Gasteiger partial charge on any atom is -0.480 e. The quantitative estimate of drug-likeness (QED) is 0.664. The Hall–Kier alpha value is -2.60. The molecular formula is C17H16ClN3O3. The van der Waals surface area contributed by atoms with E-state index in [9.17, 15) is 4.79 Å². The third-order valence-electron chi connectivity index (χ3n) is 3.58. The summed E-state index contributed by atoms with van der Waals surface area (Å²) in [7, 11) is 1.54. The van der Waals surface area contributed by atoms with E-state index in [0.29, 0.717) is 28.5 Å². The van der Waals surface area contributed by atoms with Crippen LogP contribution in [-0.4, -0.2) is 34.2 Å². The largest absolute Gasteiger partial charge is 0.480 e. The van der Waals surface area contributed by atoms with Crippen LogP contribution in [-0.2, 0) is 16.1 Å². The average molecular weight is 346 g/mol. The van der Waals surface area contributed by atoms with Gasteiger partial charge < -0.3 is 14.0 Å². The molecule has 0 fully saturated rings. The lowest BCUT2D eigenvalue weighted by Crippen LogP contribution is -2.13. The first kappa shape index (κ1) is 16.3. The molecule has 0 aliphatic heterocycles. The number of halogens is 1. The van der Waals surface area contributed by atoms with Gasteiger partial charge in [0.1, 0.15) is 18.5 Å². The highest BCUT2D eigenvalue weighted by Gasteiger charge is 2.19. The summed E-state index contributed by atoms with van der Waals surface area (Å²) < 4.78 is 12.1. The van der Waals surface area contributed by atoms with Gasteiger partial charge in [-0.25, -0.2) is 9.97 Å². The van der Waals surface area contributed by atoms with Gasteiger partial charge in [0.15, 0.2) is 0 Å². The second-order valence-corrected chi connectivity index (χ2v) is 5.44. The van der Waals surface area contributed by atoms with Crippen molar-refractivity contribution >= 4 is 28.6 Å². The Morgan fingerprint density at radius 1 is 1.25 bits per heavy atom. The summed E-state index contributed by atoms with van der Waals surface area (Å²) in [6.07, 6.45) is 3.22. The maximum absolute atomic E-state index is 11.9. The Morgan fingerprint density at radius 3 is 2.75 bits per heavy atom. The average Bonchev–Trinajstić information content (AvgIpc) is 2.94. The number of ether oxygens (including phenoxy) is 2. The highest BCUT2D eigenvalue weighted by Crippen LogP contribution is 2.37. The van der Waals surface area contributed by atoms with Crippen LogP contribution < -0.4 is 4.74 Å². The van der Waals surface area contributed by atoms with Crippen molar-refractivity contribution in [1.29, 1.82) is 0 Å². The lowest BCUT2D eigenvalue weighted by atomic mass is 10.1. The van der Waals surface area contributed by atoms with Gasteiger partial charge in [0, 0.05) is 22.3 Å². The van der Waals surface area contributed by atoms with Crippen molar-refractivity contribution < 1.29 is 14.3 Å². The molecule has 7 heteroatoms. The summed E-state index contributed by atoms with van der Waals surface area (Å²) in [6, 6.07) is 7.46. The van der Waals surface area contributed by atoms with E-state index in [-0.39, 0.29) is 12.5 Å². The topological polar surface area (TPSA) is 66.2 Å². The highest BCUT2D eigenvalue weighted by atomic mass is 35.5. The van der Waals surface area contributed by atoms with Gasteiger partial charge in [-0.1, -0.05) is 29.8 Å². The smallest absolute Gasteiger partial charge is 0.325 e. The fourth-order valence-electron chi connectivity index (χ4n) is 2.60. The second-order valence-electron chi connectivity index (χ2n) is 5.04. The fraction of sp³-hybridized carbons (Fsp3) is 0.235. The number of benzene rings is 1. The van der Waals surface area contributed by atoms with Crippen LogP contribution in [0.4, 0.5) is 0 Å². The molecule has 0 aliphatic carbocycles. The van der Waals surface area contributed by atoms with Crippen LogP contribution >= 0.6 is 11.6 Å². The van der Waals surface area contributed by atoms with E-state index in [2.05, 4.69) is 9.97 Å². The van der Waals surface area contributed by atoms with E-state index >= 15 is 0 Å². The van der Waals surface area contributed by atoms with Crippen LogP contribution in [0, 0.1) is 0 Å². The van der Waals surface area contributed by atoms with Crippen molar-refractivity contribution in [2.45, 2.75) is 13.5 Å². The summed E-state index contributed by atoms with van der Waals surface area (Å²) in [5.74, 6) is 0.0928. The summed E-state index contributed by atoms with van der Waals surface area (Å²) in [5.41, 5.74) is 2.21. The van der Waals surface area contributed by atoms with Crippen molar-refractivity contribution in [2.24, 2.45) is 0 Å². The minimum absolute atomic E-state index is 0.0506. The molecule has 1 aromatic carbocycles. The molecular weight excluding hydrogens is 330 g/mol. The molecule has 24 heavy (non-hydrogen) atoms. The number of nitrogens with zero attached hydrogens (tertiary/aromatic N) is 3. The predicted molar refractivity (Wildman–Crippen MR) is 91.2 cm³/mol. The molecule has 0 saturated carbocycles. The van der Waals surface area contributed by atoms with Gasteiger partial charge in [-0.3, -0.25) is 4.79 Å². The van der Waals surface area contributed by atoms with E-state index in [0.717, 1.165) is 11.1 Å². The van der Waals surface area contributed by atoms with Crippen LogP contribution in [0.15, 0.2) is 36.8 Å². The Labute approximate surface area is 144 Å². The predicted octanol–water partition coefficient (Wildman–Crippen LogP) is 3.32. The van der Waals surface area contributed by atoms with Gasteiger partial charge in [-0.15, -0.1) is 0 Å². The van der Waals surface area contributed by atoms with Gasteiger partial charge in [0.25, 0.3) is 0 Å². The zero-order valence-electron chi connectivity index (χ0n) is 13.3. The van der Waals surface area contributed by atoms with Gasteiger partial charge in [-0.05, 0) is 13.0 Å². The molecule has 0 amide bonds. The molecule has 2 heterocycles. The Kier molecular flexibility index (Phi) is 4.66. The molecule has 6 nitrogen and oxygen atoms in total. The first-order valence-corrected chi connectivity index (χ1v) is 7.81. The molecule has 0 bridgehead atoms. The lowest BCUT2D eigenvalue weighted by molar-refractivity contribution is -0.143. The number of methoxy groups -OCH3 is 1.